The number of furan rings is 1. The highest BCUT2D eigenvalue weighted by Gasteiger charge is 2.16. The Morgan fingerprint density at radius 2 is 1.70 bits per heavy atom. The van der Waals surface area contributed by atoms with Gasteiger partial charge in [0.2, 0.25) is 0 Å². The van der Waals surface area contributed by atoms with E-state index in [4.69, 9.17) is 15.9 Å². The SMILES string of the molecule is Cc1cccc(-c2cc(-c3ccc(/C(N)=C/C(N)C4=CC=CCC4)cc3)c3c(c2)oc2ccccc23)c1. The Morgan fingerprint density at radius 1 is 0.865 bits per heavy atom. The molecule has 1 aliphatic rings. The molecule has 1 atom stereocenters. The molecule has 0 saturated carbocycles. The van der Waals surface area contributed by atoms with E-state index in [9.17, 15) is 0 Å². The third-order valence-corrected chi connectivity index (χ3v) is 7.19. The summed E-state index contributed by atoms with van der Waals surface area (Å²) < 4.78 is 6.32. The van der Waals surface area contributed by atoms with E-state index < -0.39 is 0 Å². The zero-order valence-corrected chi connectivity index (χ0v) is 20.9. The van der Waals surface area contributed by atoms with Gasteiger partial charge in [-0.3, -0.25) is 0 Å². The van der Waals surface area contributed by atoms with Crippen LogP contribution < -0.4 is 11.5 Å². The van der Waals surface area contributed by atoms with Crippen LogP contribution in [-0.4, -0.2) is 6.04 Å². The van der Waals surface area contributed by atoms with Crippen LogP contribution in [0.2, 0.25) is 0 Å². The van der Waals surface area contributed by atoms with E-state index in [1.54, 1.807) is 0 Å². The second-order valence-corrected chi connectivity index (χ2v) is 9.80. The number of fused-ring (bicyclic) bond motifs is 3. The minimum atomic E-state index is -0.174. The lowest BCUT2D eigenvalue weighted by atomic mass is 9.93. The largest absolute Gasteiger partial charge is 0.456 e. The molecule has 182 valence electrons. The molecule has 1 unspecified atom stereocenters. The fourth-order valence-corrected chi connectivity index (χ4v) is 5.21. The monoisotopic (exact) mass is 482 g/mol. The number of allylic oxidation sites excluding steroid dienone is 3. The van der Waals surface area contributed by atoms with Gasteiger partial charge in [-0.2, -0.15) is 0 Å². The number of rotatable bonds is 5. The molecule has 4 N–H and O–H groups in total. The van der Waals surface area contributed by atoms with Crippen molar-refractivity contribution in [2.45, 2.75) is 25.8 Å². The number of aryl methyl sites for hydroxylation is 1. The van der Waals surface area contributed by atoms with Gasteiger partial charge in [0.25, 0.3) is 0 Å². The Morgan fingerprint density at radius 3 is 2.49 bits per heavy atom. The molecule has 6 rings (SSSR count). The van der Waals surface area contributed by atoms with Crippen LogP contribution in [0.25, 0.3) is 49.9 Å². The molecule has 1 aliphatic carbocycles. The first kappa shape index (κ1) is 23.1. The Labute approximate surface area is 217 Å². The Bertz CT molecular complexity index is 1700. The lowest BCUT2D eigenvalue weighted by molar-refractivity contribution is 0.669. The number of benzene rings is 4. The summed E-state index contributed by atoms with van der Waals surface area (Å²) in [5, 5.41) is 2.25. The summed E-state index contributed by atoms with van der Waals surface area (Å²) in [6, 6.07) is 29.5. The van der Waals surface area contributed by atoms with Crippen molar-refractivity contribution in [1.29, 1.82) is 0 Å². The zero-order chi connectivity index (χ0) is 25.4. The topological polar surface area (TPSA) is 65.2 Å². The van der Waals surface area contributed by atoms with Crippen molar-refractivity contribution in [2.75, 3.05) is 0 Å². The van der Waals surface area contributed by atoms with Gasteiger partial charge in [0, 0.05) is 22.5 Å². The van der Waals surface area contributed by atoms with Crippen molar-refractivity contribution in [3.8, 4) is 22.3 Å². The first-order valence-corrected chi connectivity index (χ1v) is 12.8. The van der Waals surface area contributed by atoms with Gasteiger partial charge in [0.1, 0.15) is 11.2 Å². The molecule has 0 spiro atoms. The molecule has 0 aliphatic heterocycles. The molecule has 3 heteroatoms. The Kier molecular flexibility index (Phi) is 5.99. The van der Waals surface area contributed by atoms with E-state index in [1.807, 2.05) is 18.2 Å². The Balaban J connectivity index is 1.44. The molecule has 37 heavy (non-hydrogen) atoms. The van der Waals surface area contributed by atoms with E-state index in [-0.39, 0.29) is 6.04 Å². The first-order valence-electron chi connectivity index (χ1n) is 12.8. The van der Waals surface area contributed by atoms with Crippen LogP contribution in [0.4, 0.5) is 0 Å². The molecule has 1 heterocycles. The predicted octanol–water partition coefficient (Wildman–Crippen LogP) is 8.13. The molecule has 0 amide bonds. The molecule has 0 bridgehead atoms. The quantitative estimate of drug-likeness (QED) is 0.266. The first-order chi connectivity index (χ1) is 18.1. The van der Waals surface area contributed by atoms with Crippen LogP contribution in [0.5, 0.6) is 0 Å². The minimum Gasteiger partial charge on any atom is -0.456 e. The van der Waals surface area contributed by atoms with Crippen molar-refractivity contribution >= 4 is 27.6 Å². The number of hydrogen-bond acceptors (Lipinski definition) is 3. The fourth-order valence-electron chi connectivity index (χ4n) is 5.21. The van der Waals surface area contributed by atoms with Crippen molar-refractivity contribution in [3.63, 3.8) is 0 Å². The third-order valence-electron chi connectivity index (χ3n) is 7.19. The van der Waals surface area contributed by atoms with Crippen LogP contribution >= 0.6 is 0 Å². The smallest absolute Gasteiger partial charge is 0.136 e. The Hall–Kier alpha value is -4.34. The van der Waals surface area contributed by atoms with E-state index in [1.165, 1.54) is 16.7 Å². The molecule has 4 aromatic carbocycles. The summed E-state index contributed by atoms with van der Waals surface area (Å²) in [6.45, 7) is 2.12. The third kappa shape index (κ3) is 4.50. The highest BCUT2D eigenvalue weighted by molar-refractivity contribution is 6.13. The second-order valence-electron chi connectivity index (χ2n) is 9.80. The van der Waals surface area contributed by atoms with E-state index in [2.05, 4.69) is 97.9 Å². The summed E-state index contributed by atoms with van der Waals surface area (Å²) in [6.07, 6.45) is 10.3. The summed E-state index contributed by atoms with van der Waals surface area (Å²) in [5.41, 5.74) is 23.4. The van der Waals surface area contributed by atoms with Gasteiger partial charge >= 0.3 is 0 Å². The van der Waals surface area contributed by atoms with Gasteiger partial charge in [-0.05, 0) is 77.4 Å². The maximum atomic E-state index is 6.47. The van der Waals surface area contributed by atoms with E-state index in [0.29, 0.717) is 5.70 Å². The standard InChI is InChI=1S/C34H30N2O/c1-22-8-7-11-26(18-22)27-19-29(34-28-12-5-6-13-32(28)37-33(34)20-27)23-14-16-25(17-15-23)31(36)21-30(35)24-9-3-2-4-10-24/h2-3,5-9,11-21,30H,4,10,35-36H2,1H3/b31-21-. The fraction of sp³-hybridized carbons (Fsp3) is 0.118. The maximum Gasteiger partial charge on any atom is 0.136 e. The van der Waals surface area contributed by atoms with Crippen LogP contribution in [0, 0.1) is 6.92 Å². The molecule has 0 radical (unpaired) electrons. The van der Waals surface area contributed by atoms with Gasteiger partial charge < -0.3 is 15.9 Å². The second kappa shape index (κ2) is 9.61. The summed E-state index contributed by atoms with van der Waals surface area (Å²) in [4.78, 5) is 0. The number of nitrogens with two attached hydrogens (primary N) is 2. The van der Waals surface area contributed by atoms with Crippen molar-refractivity contribution in [2.24, 2.45) is 11.5 Å². The van der Waals surface area contributed by atoms with E-state index >= 15 is 0 Å². The molecule has 0 fully saturated rings. The van der Waals surface area contributed by atoms with Gasteiger partial charge in [-0.15, -0.1) is 0 Å². The van der Waals surface area contributed by atoms with E-state index in [0.717, 1.165) is 57.0 Å². The van der Waals surface area contributed by atoms with Gasteiger partial charge in [-0.25, -0.2) is 0 Å². The highest BCUT2D eigenvalue weighted by atomic mass is 16.3. The maximum absolute atomic E-state index is 6.47. The molecule has 1 aromatic heterocycles. The summed E-state index contributed by atoms with van der Waals surface area (Å²) in [7, 11) is 0. The van der Waals surface area contributed by atoms with Gasteiger partial charge in [-0.1, -0.05) is 90.5 Å². The van der Waals surface area contributed by atoms with Crippen LogP contribution in [0.15, 0.2) is 119 Å². The van der Waals surface area contributed by atoms with Crippen LogP contribution in [0.1, 0.15) is 24.0 Å². The van der Waals surface area contributed by atoms with Crippen LogP contribution in [-0.2, 0) is 0 Å². The zero-order valence-electron chi connectivity index (χ0n) is 20.9. The molecular formula is C34H30N2O. The number of para-hydroxylation sites is 1. The highest BCUT2D eigenvalue weighted by Crippen LogP contribution is 2.40. The van der Waals surface area contributed by atoms with Crippen LogP contribution in [0.3, 0.4) is 0 Å². The summed E-state index contributed by atoms with van der Waals surface area (Å²) in [5.74, 6) is 0. The molecule has 3 nitrogen and oxygen atoms in total. The van der Waals surface area contributed by atoms with Gasteiger partial charge in [0.15, 0.2) is 0 Å². The van der Waals surface area contributed by atoms with Gasteiger partial charge in [0.05, 0.1) is 0 Å². The van der Waals surface area contributed by atoms with Crippen molar-refractivity contribution in [1.82, 2.24) is 0 Å². The molecular weight excluding hydrogens is 452 g/mol. The lowest BCUT2D eigenvalue weighted by Crippen LogP contribution is -2.22. The number of hydrogen-bond donors (Lipinski definition) is 2. The minimum absolute atomic E-state index is 0.174. The molecule has 5 aromatic rings. The lowest BCUT2D eigenvalue weighted by Gasteiger charge is -2.15. The average Bonchev–Trinajstić information content (AvgIpc) is 3.32. The molecule has 0 saturated heterocycles. The summed E-state index contributed by atoms with van der Waals surface area (Å²) >= 11 is 0. The normalized spacial score (nSPS) is 14.8. The average molecular weight is 483 g/mol. The predicted molar refractivity (Wildman–Crippen MR) is 156 cm³/mol. The van der Waals surface area contributed by atoms with Crippen molar-refractivity contribution in [3.05, 3.63) is 126 Å². The van der Waals surface area contributed by atoms with Crippen molar-refractivity contribution < 1.29 is 4.42 Å².